The molecule has 1 aromatic heterocycles. The third kappa shape index (κ3) is 1.77. The van der Waals surface area contributed by atoms with Gasteiger partial charge in [-0.2, -0.15) is 4.39 Å². The van der Waals surface area contributed by atoms with E-state index in [4.69, 9.17) is 4.74 Å². The molecule has 0 aliphatic carbocycles. The van der Waals surface area contributed by atoms with Crippen molar-refractivity contribution in [2.75, 3.05) is 6.61 Å². The summed E-state index contributed by atoms with van der Waals surface area (Å²) in [5, 5.41) is 5.78. The summed E-state index contributed by atoms with van der Waals surface area (Å²) in [6.45, 7) is 4.23. The van der Waals surface area contributed by atoms with E-state index in [9.17, 15) is 4.39 Å². The normalized spacial score (nSPS) is 13.4. The van der Waals surface area contributed by atoms with Gasteiger partial charge in [0, 0.05) is 12.8 Å². The van der Waals surface area contributed by atoms with Gasteiger partial charge in [-0.25, -0.2) is 0 Å². The molecule has 1 N–H and O–H groups in total. The highest BCUT2D eigenvalue weighted by atomic mass is 19.1. The Morgan fingerprint density at radius 1 is 1.82 bits per heavy atom. The predicted molar refractivity (Wildman–Crippen MR) is 38.6 cm³/mol. The standard InChI is InChI=1S/C7H11FN2O/c1-3-11-5(2)6-4-9-10-7(6)8/h4-5H,3H2,1-2H3,(H,9,10). The van der Waals surface area contributed by atoms with Crippen LogP contribution in [0.4, 0.5) is 4.39 Å². The van der Waals surface area contributed by atoms with E-state index in [1.165, 1.54) is 6.20 Å². The van der Waals surface area contributed by atoms with Crippen LogP contribution in [0, 0.1) is 5.95 Å². The Bertz CT molecular complexity index is 224. The van der Waals surface area contributed by atoms with Gasteiger partial charge < -0.3 is 4.74 Å². The fourth-order valence-electron chi connectivity index (χ4n) is 0.907. The molecule has 0 aliphatic rings. The monoisotopic (exact) mass is 158 g/mol. The van der Waals surface area contributed by atoms with Crippen molar-refractivity contribution in [3.63, 3.8) is 0 Å². The highest BCUT2D eigenvalue weighted by Gasteiger charge is 2.11. The summed E-state index contributed by atoms with van der Waals surface area (Å²) in [6, 6.07) is 0. The van der Waals surface area contributed by atoms with E-state index in [2.05, 4.69) is 10.2 Å². The first-order valence-corrected chi connectivity index (χ1v) is 3.56. The molecule has 1 unspecified atom stereocenters. The molecule has 0 aromatic carbocycles. The number of aromatic nitrogens is 2. The molecule has 0 spiro atoms. The van der Waals surface area contributed by atoms with Gasteiger partial charge in [-0.3, -0.25) is 5.10 Å². The molecule has 0 radical (unpaired) electrons. The maximum atomic E-state index is 12.7. The molecule has 0 aliphatic heterocycles. The molecular weight excluding hydrogens is 147 g/mol. The average molecular weight is 158 g/mol. The fraction of sp³-hybridized carbons (Fsp3) is 0.571. The van der Waals surface area contributed by atoms with Gasteiger partial charge in [0.05, 0.1) is 11.7 Å². The second kappa shape index (κ2) is 3.48. The van der Waals surface area contributed by atoms with Crippen LogP contribution in [0.2, 0.25) is 0 Å². The minimum absolute atomic E-state index is 0.223. The van der Waals surface area contributed by atoms with Gasteiger partial charge >= 0.3 is 0 Å². The molecule has 1 aromatic rings. The van der Waals surface area contributed by atoms with Crippen molar-refractivity contribution < 1.29 is 9.13 Å². The van der Waals surface area contributed by atoms with Gasteiger partial charge in [0.2, 0.25) is 5.95 Å². The third-order valence-electron chi connectivity index (χ3n) is 1.48. The molecule has 1 atom stereocenters. The largest absolute Gasteiger partial charge is 0.374 e. The van der Waals surface area contributed by atoms with Crippen LogP contribution in [0.5, 0.6) is 0 Å². The summed E-state index contributed by atoms with van der Waals surface area (Å²) in [5.41, 5.74) is 0.479. The Hall–Kier alpha value is -0.900. The quantitative estimate of drug-likeness (QED) is 0.726. The van der Waals surface area contributed by atoms with E-state index in [1.807, 2.05) is 6.92 Å². The van der Waals surface area contributed by atoms with Crippen LogP contribution in [0.15, 0.2) is 6.20 Å². The lowest BCUT2D eigenvalue weighted by atomic mass is 10.2. The van der Waals surface area contributed by atoms with Crippen LogP contribution >= 0.6 is 0 Å². The highest BCUT2D eigenvalue weighted by molar-refractivity contribution is 5.08. The Labute approximate surface area is 64.6 Å². The number of halogens is 1. The van der Waals surface area contributed by atoms with Crippen LogP contribution in [0.1, 0.15) is 25.5 Å². The van der Waals surface area contributed by atoms with Gasteiger partial charge in [0.25, 0.3) is 0 Å². The lowest BCUT2D eigenvalue weighted by Crippen LogP contribution is -1.99. The molecule has 0 bridgehead atoms. The lowest BCUT2D eigenvalue weighted by Gasteiger charge is -2.07. The van der Waals surface area contributed by atoms with Crippen molar-refractivity contribution in [1.82, 2.24) is 10.2 Å². The highest BCUT2D eigenvalue weighted by Crippen LogP contribution is 2.17. The van der Waals surface area contributed by atoms with Crippen LogP contribution in [-0.4, -0.2) is 16.8 Å². The maximum absolute atomic E-state index is 12.7. The SMILES string of the molecule is CCOC(C)c1c[nH]nc1F. The van der Waals surface area contributed by atoms with Gasteiger partial charge in [0.15, 0.2) is 0 Å². The molecule has 1 rings (SSSR count). The minimum Gasteiger partial charge on any atom is -0.374 e. The summed E-state index contributed by atoms with van der Waals surface area (Å²) in [6.07, 6.45) is 1.29. The number of rotatable bonds is 3. The number of ether oxygens (including phenoxy) is 1. The topological polar surface area (TPSA) is 37.9 Å². The molecule has 11 heavy (non-hydrogen) atoms. The van der Waals surface area contributed by atoms with Crippen molar-refractivity contribution in [3.8, 4) is 0 Å². The molecule has 4 heteroatoms. The van der Waals surface area contributed by atoms with Crippen molar-refractivity contribution >= 4 is 0 Å². The van der Waals surface area contributed by atoms with Crippen LogP contribution < -0.4 is 0 Å². The van der Waals surface area contributed by atoms with Crippen LogP contribution in [0.25, 0.3) is 0 Å². The number of hydrogen-bond donors (Lipinski definition) is 1. The number of nitrogens with zero attached hydrogens (tertiary/aromatic N) is 1. The Morgan fingerprint density at radius 2 is 2.55 bits per heavy atom. The second-order valence-electron chi connectivity index (χ2n) is 2.23. The van der Waals surface area contributed by atoms with Crippen LogP contribution in [-0.2, 0) is 4.74 Å². The molecule has 62 valence electrons. The van der Waals surface area contributed by atoms with Gasteiger partial charge in [-0.1, -0.05) is 0 Å². The molecule has 0 saturated heterocycles. The number of H-pyrrole nitrogens is 1. The van der Waals surface area contributed by atoms with Crippen molar-refractivity contribution in [1.29, 1.82) is 0 Å². The summed E-state index contributed by atoms with van der Waals surface area (Å²) in [5.74, 6) is -0.481. The zero-order valence-corrected chi connectivity index (χ0v) is 6.60. The van der Waals surface area contributed by atoms with Gasteiger partial charge in [0.1, 0.15) is 0 Å². The van der Waals surface area contributed by atoms with E-state index in [-0.39, 0.29) is 6.10 Å². The first-order valence-electron chi connectivity index (χ1n) is 3.56. The van der Waals surface area contributed by atoms with E-state index in [0.29, 0.717) is 12.2 Å². The van der Waals surface area contributed by atoms with Gasteiger partial charge in [-0.15, -0.1) is 5.10 Å². The van der Waals surface area contributed by atoms with Crippen LogP contribution in [0.3, 0.4) is 0 Å². The first kappa shape index (κ1) is 8.20. The zero-order valence-electron chi connectivity index (χ0n) is 6.60. The summed E-state index contributed by atoms with van der Waals surface area (Å²) in [7, 11) is 0. The summed E-state index contributed by atoms with van der Waals surface area (Å²) < 4.78 is 17.9. The molecule has 3 nitrogen and oxygen atoms in total. The maximum Gasteiger partial charge on any atom is 0.238 e. The second-order valence-corrected chi connectivity index (χ2v) is 2.23. The summed E-state index contributed by atoms with van der Waals surface area (Å²) >= 11 is 0. The van der Waals surface area contributed by atoms with Crippen molar-refractivity contribution in [2.24, 2.45) is 0 Å². The Morgan fingerprint density at radius 3 is 3.00 bits per heavy atom. The third-order valence-corrected chi connectivity index (χ3v) is 1.48. The lowest BCUT2D eigenvalue weighted by molar-refractivity contribution is 0.0737. The van der Waals surface area contributed by atoms with E-state index >= 15 is 0 Å². The number of hydrogen-bond acceptors (Lipinski definition) is 2. The average Bonchev–Trinajstić information content (AvgIpc) is 2.36. The predicted octanol–water partition coefficient (Wildman–Crippen LogP) is 1.65. The Balaban J connectivity index is 2.67. The van der Waals surface area contributed by atoms with E-state index in [0.717, 1.165) is 0 Å². The molecule has 0 saturated carbocycles. The fourth-order valence-corrected chi connectivity index (χ4v) is 0.907. The van der Waals surface area contributed by atoms with Crippen molar-refractivity contribution in [3.05, 3.63) is 17.7 Å². The molecule has 1 heterocycles. The smallest absolute Gasteiger partial charge is 0.238 e. The van der Waals surface area contributed by atoms with Gasteiger partial charge in [-0.05, 0) is 13.8 Å². The Kier molecular flexibility index (Phi) is 2.59. The number of nitrogens with one attached hydrogen (secondary N) is 1. The minimum atomic E-state index is -0.481. The molecule has 0 amide bonds. The zero-order chi connectivity index (χ0) is 8.27. The molecular formula is C7H11FN2O. The molecule has 0 fully saturated rings. The van der Waals surface area contributed by atoms with E-state index < -0.39 is 5.95 Å². The van der Waals surface area contributed by atoms with E-state index in [1.54, 1.807) is 6.92 Å². The first-order chi connectivity index (χ1) is 5.25. The summed E-state index contributed by atoms with van der Waals surface area (Å²) in [4.78, 5) is 0. The number of aromatic amines is 1. The van der Waals surface area contributed by atoms with Crippen molar-refractivity contribution in [2.45, 2.75) is 20.0 Å².